The van der Waals surface area contributed by atoms with Crippen LogP contribution in [0.1, 0.15) is 233 Å². The number of esters is 3. The van der Waals surface area contributed by atoms with Gasteiger partial charge in [-0.3, -0.25) is 14.4 Å². The van der Waals surface area contributed by atoms with E-state index in [1.165, 1.54) is 128 Å². The topological polar surface area (TPSA) is 78.9 Å². The van der Waals surface area contributed by atoms with E-state index < -0.39 is 6.10 Å². The predicted molar refractivity (Wildman–Crippen MR) is 206 cm³/mol. The van der Waals surface area contributed by atoms with Crippen LogP contribution < -0.4 is 0 Å². The van der Waals surface area contributed by atoms with Gasteiger partial charge in [0.1, 0.15) is 13.2 Å². The highest BCUT2D eigenvalue weighted by molar-refractivity contribution is 5.71. The van der Waals surface area contributed by atoms with Crippen molar-refractivity contribution < 1.29 is 28.6 Å². The van der Waals surface area contributed by atoms with E-state index in [1.54, 1.807) is 0 Å². The number of carbonyl (C=O) groups is 3. The van der Waals surface area contributed by atoms with Gasteiger partial charge in [-0.15, -0.1) is 0 Å². The molecule has 1 atom stereocenters. The van der Waals surface area contributed by atoms with E-state index in [1.807, 2.05) is 0 Å². The second-order valence-corrected chi connectivity index (χ2v) is 15.1. The van der Waals surface area contributed by atoms with Gasteiger partial charge in [0.15, 0.2) is 6.10 Å². The lowest BCUT2D eigenvalue weighted by molar-refractivity contribution is -0.167. The lowest BCUT2D eigenvalue weighted by atomic mass is 10.0. The van der Waals surface area contributed by atoms with Crippen molar-refractivity contribution in [3.05, 3.63) is 0 Å². The average Bonchev–Trinajstić information content (AvgIpc) is 3.08. The summed E-state index contributed by atoms with van der Waals surface area (Å²) in [5, 5.41) is 0. The maximum Gasteiger partial charge on any atom is 0.306 e. The van der Waals surface area contributed by atoms with Crippen LogP contribution in [0.5, 0.6) is 0 Å². The normalized spacial score (nSPS) is 11.9. The molecule has 49 heavy (non-hydrogen) atoms. The number of ether oxygens (including phenoxy) is 3. The zero-order chi connectivity index (χ0) is 36.0. The molecule has 0 fully saturated rings. The molecule has 0 aliphatic heterocycles. The average molecular weight is 695 g/mol. The molecular weight excluding hydrogens is 612 g/mol. The lowest BCUT2D eigenvalue weighted by Crippen LogP contribution is -2.30. The number of hydrogen-bond donors (Lipinski definition) is 0. The highest BCUT2D eigenvalue weighted by Crippen LogP contribution is 2.15. The Balaban J connectivity index is 4.34. The van der Waals surface area contributed by atoms with Crippen LogP contribution in [0.2, 0.25) is 0 Å². The molecule has 0 aromatic carbocycles. The molecule has 0 unspecified atom stereocenters. The Labute approximate surface area is 304 Å². The minimum Gasteiger partial charge on any atom is -0.462 e. The first kappa shape index (κ1) is 47.4. The lowest BCUT2D eigenvalue weighted by Gasteiger charge is -2.18. The van der Waals surface area contributed by atoms with Crippen LogP contribution >= 0.6 is 0 Å². The summed E-state index contributed by atoms with van der Waals surface area (Å²) in [6, 6.07) is 0. The standard InChI is InChI=1S/C43H82O6/c1-5-7-9-11-13-15-19-23-27-31-35-42(45)48-38-40(37-47-41(44)34-30-26-22-17-14-12-10-8-6-2)49-43(46)36-32-28-24-20-16-18-21-25-29-33-39(3)4/h39-40H,5-38H2,1-4H3/t40-/m0/s1. The number of hydrogen-bond acceptors (Lipinski definition) is 6. The van der Waals surface area contributed by atoms with Gasteiger partial charge < -0.3 is 14.2 Å². The van der Waals surface area contributed by atoms with Crippen molar-refractivity contribution in [3.8, 4) is 0 Å². The zero-order valence-electron chi connectivity index (χ0n) is 33.1. The van der Waals surface area contributed by atoms with Crippen molar-refractivity contribution in [1.29, 1.82) is 0 Å². The molecule has 0 heterocycles. The molecule has 0 N–H and O–H groups in total. The molecule has 0 bridgehead atoms. The smallest absolute Gasteiger partial charge is 0.306 e. The summed E-state index contributed by atoms with van der Waals surface area (Å²) < 4.78 is 16.6. The Morgan fingerprint density at radius 2 is 0.673 bits per heavy atom. The molecule has 0 amide bonds. The molecule has 0 aliphatic rings. The highest BCUT2D eigenvalue weighted by Gasteiger charge is 2.19. The molecule has 290 valence electrons. The minimum atomic E-state index is -0.757. The second kappa shape index (κ2) is 37.7. The third-order valence-corrected chi connectivity index (χ3v) is 9.54. The van der Waals surface area contributed by atoms with Gasteiger partial charge in [0.2, 0.25) is 0 Å². The van der Waals surface area contributed by atoms with Crippen LogP contribution in [-0.4, -0.2) is 37.2 Å². The second-order valence-electron chi connectivity index (χ2n) is 15.1. The maximum absolute atomic E-state index is 12.6. The number of unbranched alkanes of at least 4 members (excludes halogenated alkanes) is 25. The summed E-state index contributed by atoms with van der Waals surface area (Å²) in [7, 11) is 0. The number of rotatable bonds is 38. The van der Waals surface area contributed by atoms with Gasteiger partial charge >= 0.3 is 17.9 Å². The summed E-state index contributed by atoms with van der Waals surface area (Å²) >= 11 is 0. The molecule has 0 spiro atoms. The summed E-state index contributed by atoms with van der Waals surface area (Å²) in [5.41, 5.74) is 0. The Bertz CT molecular complexity index is 736. The highest BCUT2D eigenvalue weighted by atomic mass is 16.6. The van der Waals surface area contributed by atoms with Crippen molar-refractivity contribution in [2.24, 2.45) is 5.92 Å². The van der Waals surface area contributed by atoms with Gasteiger partial charge in [-0.2, -0.15) is 0 Å². The van der Waals surface area contributed by atoms with Crippen LogP contribution in [0.4, 0.5) is 0 Å². The van der Waals surface area contributed by atoms with Crippen molar-refractivity contribution >= 4 is 17.9 Å². The van der Waals surface area contributed by atoms with E-state index >= 15 is 0 Å². The van der Waals surface area contributed by atoms with Gasteiger partial charge in [0, 0.05) is 19.3 Å². The summed E-state index contributed by atoms with van der Waals surface area (Å²) in [5.74, 6) is -0.0568. The molecule has 0 aromatic heterocycles. The SMILES string of the molecule is CCCCCCCCCCCCC(=O)OC[C@H](COC(=O)CCCCCCCCCCC)OC(=O)CCCCCCCCCCCC(C)C. The van der Waals surface area contributed by atoms with E-state index in [9.17, 15) is 14.4 Å². The van der Waals surface area contributed by atoms with Gasteiger partial charge in [-0.05, 0) is 25.2 Å². The molecular formula is C43H82O6. The van der Waals surface area contributed by atoms with Gasteiger partial charge in [-0.1, -0.05) is 195 Å². The molecule has 0 saturated carbocycles. The van der Waals surface area contributed by atoms with E-state index in [-0.39, 0.29) is 31.1 Å². The molecule has 0 saturated heterocycles. The van der Waals surface area contributed by atoms with Gasteiger partial charge in [0.05, 0.1) is 0 Å². The Kier molecular flexibility index (Phi) is 36.4. The maximum atomic E-state index is 12.6. The van der Waals surface area contributed by atoms with Crippen molar-refractivity contribution in [2.45, 2.75) is 239 Å². The molecule has 6 heteroatoms. The Morgan fingerprint density at radius 1 is 0.388 bits per heavy atom. The van der Waals surface area contributed by atoms with Gasteiger partial charge in [-0.25, -0.2) is 0 Å². The fourth-order valence-electron chi connectivity index (χ4n) is 6.27. The van der Waals surface area contributed by atoms with E-state index in [0.717, 1.165) is 63.7 Å². The fraction of sp³-hybridized carbons (Fsp3) is 0.930. The summed E-state index contributed by atoms with van der Waals surface area (Å²) in [6.45, 7) is 8.93. The molecule has 0 rings (SSSR count). The first-order valence-electron chi connectivity index (χ1n) is 21.4. The monoisotopic (exact) mass is 695 g/mol. The fourth-order valence-corrected chi connectivity index (χ4v) is 6.27. The summed E-state index contributed by atoms with van der Waals surface area (Å²) in [6.07, 6.45) is 35.2. The Hall–Kier alpha value is -1.59. The number of carbonyl (C=O) groups excluding carboxylic acids is 3. The van der Waals surface area contributed by atoms with E-state index in [4.69, 9.17) is 14.2 Å². The largest absolute Gasteiger partial charge is 0.462 e. The van der Waals surface area contributed by atoms with Crippen molar-refractivity contribution in [1.82, 2.24) is 0 Å². The molecule has 0 aromatic rings. The van der Waals surface area contributed by atoms with Crippen LogP contribution in [0, 0.1) is 5.92 Å². The zero-order valence-corrected chi connectivity index (χ0v) is 33.1. The van der Waals surface area contributed by atoms with Crippen molar-refractivity contribution in [3.63, 3.8) is 0 Å². The van der Waals surface area contributed by atoms with Crippen LogP contribution in [0.25, 0.3) is 0 Å². The quantitative estimate of drug-likeness (QED) is 0.0364. The first-order valence-corrected chi connectivity index (χ1v) is 21.4. The van der Waals surface area contributed by atoms with E-state index in [2.05, 4.69) is 27.7 Å². The molecule has 0 radical (unpaired) electrons. The third-order valence-electron chi connectivity index (χ3n) is 9.54. The Morgan fingerprint density at radius 3 is 1.00 bits per heavy atom. The van der Waals surface area contributed by atoms with Gasteiger partial charge in [0.25, 0.3) is 0 Å². The third kappa shape index (κ3) is 37.5. The first-order chi connectivity index (χ1) is 23.9. The van der Waals surface area contributed by atoms with Crippen molar-refractivity contribution in [2.75, 3.05) is 13.2 Å². The summed E-state index contributed by atoms with van der Waals surface area (Å²) in [4.78, 5) is 37.5. The minimum absolute atomic E-state index is 0.0647. The molecule has 6 nitrogen and oxygen atoms in total. The van der Waals surface area contributed by atoms with Crippen LogP contribution in [0.3, 0.4) is 0 Å². The molecule has 0 aliphatic carbocycles. The van der Waals surface area contributed by atoms with E-state index in [0.29, 0.717) is 19.3 Å². The van der Waals surface area contributed by atoms with Crippen LogP contribution in [-0.2, 0) is 28.6 Å². The van der Waals surface area contributed by atoms with Crippen LogP contribution in [0.15, 0.2) is 0 Å². The predicted octanol–water partition coefficient (Wildman–Crippen LogP) is 13.2.